The van der Waals surface area contributed by atoms with Crippen LogP contribution in [-0.4, -0.2) is 10.9 Å². The zero-order valence-electron chi connectivity index (χ0n) is 14.4. The minimum absolute atomic E-state index is 0.0541. The molecular formula is C20H19FN2OS2. The molecule has 2 aromatic carbocycles. The first-order valence-electron chi connectivity index (χ1n) is 8.23. The van der Waals surface area contributed by atoms with Crippen LogP contribution in [0, 0.1) is 12.7 Å². The number of hydrogen-bond donors (Lipinski definition) is 1. The van der Waals surface area contributed by atoms with E-state index in [1.807, 2.05) is 42.6 Å². The van der Waals surface area contributed by atoms with E-state index in [2.05, 4.69) is 10.3 Å². The summed E-state index contributed by atoms with van der Waals surface area (Å²) in [5.41, 5.74) is 3.67. The van der Waals surface area contributed by atoms with Crippen LogP contribution >= 0.6 is 23.1 Å². The summed E-state index contributed by atoms with van der Waals surface area (Å²) >= 11 is 2.96. The van der Waals surface area contributed by atoms with Gasteiger partial charge in [-0.2, -0.15) is 0 Å². The highest BCUT2D eigenvalue weighted by molar-refractivity contribution is 8.00. The first kappa shape index (κ1) is 18.6. The van der Waals surface area contributed by atoms with Crippen molar-refractivity contribution in [3.8, 4) is 0 Å². The molecule has 0 aliphatic rings. The van der Waals surface area contributed by atoms with Gasteiger partial charge in [0, 0.05) is 17.7 Å². The second-order valence-electron chi connectivity index (χ2n) is 5.92. The molecular weight excluding hydrogens is 367 g/mol. The van der Waals surface area contributed by atoms with Gasteiger partial charge < -0.3 is 5.32 Å². The molecule has 3 nitrogen and oxygen atoms in total. The van der Waals surface area contributed by atoms with E-state index in [0.29, 0.717) is 17.9 Å². The molecule has 0 unspecified atom stereocenters. The Labute approximate surface area is 160 Å². The Hall–Kier alpha value is -2.18. The molecule has 3 aromatic rings. The number of benzene rings is 2. The van der Waals surface area contributed by atoms with Gasteiger partial charge in [-0.3, -0.25) is 4.79 Å². The zero-order valence-corrected chi connectivity index (χ0v) is 16.0. The molecule has 3 rings (SSSR count). The summed E-state index contributed by atoms with van der Waals surface area (Å²) in [7, 11) is 0. The Balaban J connectivity index is 1.47. The van der Waals surface area contributed by atoms with Gasteiger partial charge in [0.1, 0.15) is 10.2 Å². The second kappa shape index (κ2) is 8.96. The molecule has 0 aliphatic heterocycles. The third-order valence-corrected chi connectivity index (χ3v) is 5.91. The molecule has 0 saturated heterocycles. The van der Waals surface area contributed by atoms with E-state index in [-0.39, 0.29) is 18.1 Å². The summed E-state index contributed by atoms with van der Waals surface area (Å²) in [6.45, 7) is 2.55. The summed E-state index contributed by atoms with van der Waals surface area (Å²) < 4.78 is 14.5. The number of amides is 1. The highest BCUT2D eigenvalue weighted by atomic mass is 32.2. The van der Waals surface area contributed by atoms with Crippen LogP contribution in [0.2, 0.25) is 0 Å². The lowest BCUT2D eigenvalue weighted by molar-refractivity contribution is -0.120. The van der Waals surface area contributed by atoms with Crippen molar-refractivity contribution >= 4 is 29.0 Å². The fraction of sp³-hybridized carbons (Fsp3) is 0.200. The minimum Gasteiger partial charge on any atom is -0.352 e. The lowest BCUT2D eigenvalue weighted by Gasteiger charge is -2.04. The van der Waals surface area contributed by atoms with Crippen molar-refractivity contribution < 1.29 is 9.18 Å². The molecule has 0 fully saturated rings. The van der Waals surface area contributed by atoms with E-state index in [1.165, 1.54) is 34.7 Å². The van der Waals surface area contributed by atoms with E-state index in [1.54, 1.807) is 12.1 Å². The molecule has 26 heavy (non-hydrogen) atoms. The van der Waals surface area contributed by atoms with Gasteiger partial charge >= 0.3 is 0 Å². The predicted octanol–water partition coefficient (Wildman–Crippen LogP) is 4.74. The summed E-state index contributed by atoms with van der Waals surface area (Å²) in [6.07, 6.45) is 0.253. The molecule has 0 spiro atoms. The van der Waals surface area contributed by atoms with E-state index < -0.39 is 0 Å². The van der Waals surface area contributed by atoms with Gasteiger partial charge in [-0.1, -0.05) is 59.8 Å². The molecule has 0 bridgehead atoms. The topological polar surface area (TPSA) is 42.0 Å². The van der Waals surface area contributed by atoms with E-state index in [9.17, 15) is 9.18 Å². The van der Waals surface area contributed by atoms with Crippen LogP contribution in [0.5, 0.6) is 0 Å². The molecule has 1 N–H and O–H groups in total. The zero-order chi connectivity index (χ0) is 18.4. The number of carbonyl (C=O) groups excluding carboxylic acids is 1. The van der Waals surface area contributed by atoms with Gasteiger partial charge in [0.2, 0.25) is 5.91 Å². The average Bonchev–Trinajstić information content (AvgIpc) is 3.08. The highest BCUT2D eigenvalue weighted by Gasteiger charge is 2.09. The fourth-order valence-electron chi connectivity index (χ4n) is 2.32. The van der Waals surface area contributed by atoms with Gasteiger partial charge in [0.05, 0.1) is 12.1 Å². The van der Waals surface area contributed by atoms with Crippen molar-refractivity contribution in [1.82, 2.24) is 10.3 Å². The summed E-state index contributed by atoms with van der Waals surface area (Å²) in [5, 5.41) is 4.79. The van der Waals surface area contributed by atoms with Crippen molar-refractivity contribution in [3.63, 3.8) is 0 Å². The van der Waals surface area contributed by atoms with Crippen molar-refractivity contribution in [2.45, 2.75) is 30.0 Å². The van der Waals surface area contributed by atoms with Crippen LogP contribution in [-0.2, 0) is 23.5 Å². The first-order valence-corrected chi connectivity index (χ1v) is 10.1. The molecule has 1 heterocycles. The maximum absolute atomic E-state index is 13.6. The number of aromatic nitrogens is 1. The Morgan fingerprint density at radius 1 is 1.19 bits per heavy atom. The predicted molar refractivity (Wildman–Crippen MR) is 105 cm³/mol. The number of nitrogens with zero attached hydrogens (tertiary/aromatic N) is 1. The number of thioether (sulfide) groups is 1. The number of thiazole rings is 1. The molecule has 0 aliphatic carbocycles. The van der Waals surface area contributed by atoms with Crippen LogP contribution < -0.4 is 5.32 Å². The van der Waals surface area contributed by atoms with Crippen LogP contribution in [0.3, 0.4) is 0 Å². The average molecular weight is 387 g/mol. The monoisotopic (exact) mass is 386 g/mol. The van der Waals surface area contributed by atoms with Gasteiger partial charge in [0.15, 0.2) is 0 Å². The largest absolute Gasteiger partial charge is 0.352 e. The standard InChI is InChI=1S/C20H19FN2OS2/c1-14-6-8-15(9-7-14)11-22-19(24)10-17-13-26-20(23-17)25-12-16-4-2-3-5-18(16)21/h2-9,13H,10-12H2,1H3,(H,22,24). The molecule has 1 amide bonds. The van der Waals surface area contributed by atoms with E-state index in [0.717, 1.165) is 15.6 Å². The number of nitrogens with one attached hydrogen (secondary N) is 1. The Bertz CT molecular complexity index is 878. The van der Waals surface area contributed by atoms with Gasteiger partial charge in [0.25, 0.3) is 0 Å². The fourth-order valence-corrected chi connectivity index (χ4v) is 4.16. The lowest BCUT2D eigenvalue weighted by atomic mass is 10.1. The van der Waals surface area contributed by atoms with Crippen LogP contribution in [0.15, 0.2) is 58.3 Å². The lowest BCUT2D eigenvalue weighted by Crippen LogP contribution is -2.24. The number of carbonyl (C=O) groups is 1. The van der Waals surface area contributed by atoms with Crippen molar-refractivity contribution in [3.05, 3.63) is 82.1 Å². The third kappa shape index (κ3) is 5.41. The number of halogens is 1. The van der Waals surface area contributed by atoms with Crippen LogP contribution in [0.4, 0.5) is 4.39 Å². The molecule has 134 valence electrons. The van der Waals surface area contributed by atoms with Crippen molar-refractivity contribution in [2.24, 2.45) is 0 Å². The summed E-state index contributed by atoms with van der Waals surface area (Å²) in [4.78, 5) is 16.5. The minimum atomic E-state index is -0.202. The Kier molecular flexibility index (Phi) is 6.41. The van der Waals surface area contributed by atoms with Crippen molar-refractivity contribution in [1.29, 1.82) is 0 Å². The summed E-state index contributed by atoms with van der Waals surface area (Å²) in [5.74, 6) is 0.271. The van der Waals surface area contributed by atoms with Gasteiger partial charge in [-0.15, -0.1) is 11.3 Å². The van der Waals surface area contributed by atoms with E-state index in [4.69, 9.17) is 0 Å². The smallest absolute Gasteiger partial charge is 0.226 e. The maximum Gasteiger partial charge on any atom is 0.226 e. The molecule has 0 atom stereocenters. The van der Waals surface area contributed by atoms with Crippen molar-refractivity contribution in [2.75, 3.05) is 0 Å². The molecule has 0 radical (unpaired) electrons. The number of rotatable bonds is 7. The second-order valence-corrected chi connectivity index (χ2v) is 8.00. The normalized spacial score (nSPS) is 10.7. The quantitative estimate of drug-likeness (QED) is 0.596. The Morgan fingerprint density at radius 2 is 1.96 bits per heavy atom. The third-order valence-electron chi connectivity index (χ3n) is 3.79. The van der Waals surface area contributed by atoms with Crippen LogP contribution in [0.25, 0.3) is 0 Å². The number of hydrogen-bond acceptors (Lipinski definition) is 4. The highest BCUT2D eigenvalue weighted by Crippen LogP contribution is 2.27. The van der Waals surface area contributed by atoms with Crippen LogP contribution in [0.1, 0.15) is 22.4 Å². The van der Waals surface area contributed by atoms with Gasteiger partial charge in [-0.25, -0.2) is 9.37 Å². The molecule has 6 heteroatoms. The van der Waals surface area contributed by atoms with E-state index >= 15 is 0 Å². The molecule has 0 saturated carbocycles. The SMILES string of the molecule is Cc1ccc(CNC(=O)Cc2csc(SCc3ccccc3F)n2)cc1. The molecule has 1 aromatic heterocycles. The maximum atomic E-state index is 13.6. The summed E-state index contributed by atoms with van der Waals surface area (Å²) in [6, 6.07) is 14.8. The van der Waals surface area contributed by atoms with Gasteiger partial charge in [-0.05, 0) is 24.1 Å². The Morgan fingerprint density at radius 3 is 2.73 bits per heavy atom. The number of aryl methyl sites for hydroxylation is 1. The first-order chi connectivity index (χ1) is 12.6.